The van der Waals surface area contributed by atoms with Crippen molar-refractivity contribution < 1.29 is 9.66 Å². The fourth-order valence-corrected chi connectivity index (χ4v) is 1.87. The summed E-state index contributed by atoms with van der Waals surface area (Å²) in [5.41, 5.74) is 2.89. The molecule has 0 unspecified atom stereocenters. The number of para-hydroxylation sites is 2. The van der Waals surface area contributed by atoms with Gasteiger partial charge in [0.15, 0.2) is 0 Å². The molecule has 2 aromatic carbocycles. The van der Waals surface area contributed by atoms with Crippen LogP contribution in [0.4, 0.5) is 17.1 Å². The third-order valence-corrected chi connectivity index (χ3v) is 2.80. The lowest BCUT2D eigenvalue weighted by molar-refractivity contribution is -0.383. The van der Waals surface area contributed by atoms with Crippen molar-refractivity contribution in [1.82, 2.24) is 0 Å². The first-order valence-electron chi connectivity index (χ1n) is 6.38. The van der Waals surface area contributed by atoms with E-state index in [1.165, 1.54) is 0 Å². The standard InChI is InChI=1S/C14H16N4O3/c15-17-13-8-4-7-12(14(13)18(19)20)16-9-10-21-11-5-2-1-3-6-11/h1-8,16-17H,9-10,15H2. The van der Waals surface area contributed by atoms with Crippen LogP contribution in [-0.4, -0.2) is 18.1 Å². The Morgan fingerprint density at radius 2 is 1.81 bits per heavy atom. The minimum absolute atomic E-state index is 0.0836. The first-order valence-corrected chi connectivity index (χ1v) is 6.38. The highest BCUT2D eigenvalue weighted by molar-refractivity contribution is 5.75. The number of rotatable bonds is 7. The second-order valence-electron chi connectivity index (χ2n) is 4.19. The molecule has 110 valence electrons. The lowest BCUT2D eigenvalue weighted by atomic mass is 10.2. The highest BCUT2D eigenvalue weighted by atomic mass is 16.6. The van der Waals surface area contributed by atoms with Crippen LogP contribution in [0.3, 0.4) is 0 Å². The smallest absolute Gasteiger partial charge is 0.316 e. The van der Waals surface area contributed by atoms with Gasteiger partial charge in [-0.25, -0.2) is 0 Å². The van der Waals surface area contributed by atoms with Gasteiger partial charge in [0.05, 0.1) is 4.92 Å². The molecule has 0 heterocycles. The molecule has 21 heavy (non-hydrogen) atoms. The van der Waals surface area contributed by atoms with Crippen molar-refractivity contribution in [2.24, 2.45) is 5.84 Å². The van der Waals surface area contributed by atoms with Gasteiger partial charge in [-0.3, -0.25) is 16.0 Å². The molecule has 0 aliphatic rings. The van der Waals surface area contributed by atoms with E-state index in [0.29, 0.717) is 18.8 Å². The van der Waals surface area contributed by atoms with Crippen LogP contribution >= 0.6 is 0 Å². The van der Waals surface area contributed by atoms with Crippen molar-refractivity contribution in [3.8, 4) is 5.75 Å². The molecular formula is C14H16N4O3. The van der Waals surface area contributed by atoms with Gasteiger partial charge in [0.2, 0.25) is 0 Å². The second-order valence-corrected chi connectivity index (χ2v) is 4.19. The van der Waals surface area contributed by atoms with Crippen LogP contribution < -0.4 is 21.3 Å². The Morgan fingerprint density at radius 1 is 1.10 bits per heavy atom. The third kappa shape index (κ3) is 3.83. The summed E-state index contributed by atoms with van der Waals surface area (Å²) in [5, 5.41) is 14.1. The van der Waals surface area contributed by atoms with E-state index < -0.39 is 4.92 Å². The number of nitro benzene ring substituents is 1. The Hall–Kier alpha value is -2.80. The van der Waals surface area contributed by atoms with Gasteiger partial charge in [-0.1, -0.05) is 24.3 Å². The number of ether oxygens (including phenoxy) is 1. The molecule has 4 N–H and O–H groups in total. The van der Waals surface area contributed by atoms with Crippen LogP contribution in [0, 0.1) is 10.1 Å². The molecule has 7 nitrogen and oxygen atoms in total. The number of nitrogen functional groups attached to an aromatic ring is 1. The van der Waals surface area contributed by atoms with E-state index in [1.807, 2.05) is 30.3 Å². The molecular weight excluding hydrogens is 272 g/mol. The summed E-state index contributed by atoms with van der Waals surface area (Å²) in [4.78, 5) is 10.6. The molecule has 0 aliphatic heterocycles. The van der Waals surface area contributed by atoms with Gasteiger partial charge in [-0.2, -0.15) is 0 Å². The van der Waals surface area contributed by atoms with Gasteiger partial charge >= 0.3 is 5.69 Å². The van der Waals surface area contributed by atoms with E-state index in [2.05, 4.69) is 10.7 Å². The van der Waals surface area contributed by atoms with E-state index in [1.54, 1.807) is 18.2 Å². The lowest BCUT2D eigenvalue weighted by Gasteiger charge is -2.10. The number of hydrazine groups is 1. The molecule has 0 fully saturated rings. The Kier molecular flexibility index (Phi) is 4.94. The highest BCUT2D eigenvalue weighted by Gasteiger charge is 2.18. The molecule has 7 heteroatoms. The zero-order valence-corrected chi connectivity index (χ0v) is 11.3. The van der Waals surface area contributed by atoms with Crippen molar-refractivity contribution >= 4 is 17.1 Å². The minimum Gasteiger partial charge on any atom is -0.492 e. The Balaban J connectivity index is 1.95. The van der Waals surface area contributed by atoms with E-state index in [4.69, 9.17) is 10.6 Å². The summed E-state index contributed by atoms with van der Waals surface area (Å²) in [6.45, 7) is 0.825. The van der Waals surface area contributed by atoms with Gasteiger partial charge in [-0.05, 0) is 24.3 Å². The third-order valence-electron chi connectivity index (χ3n) is 2.80. The summed E-state index contributed by atoms with van der Waals surface area (Å²) >= 11 is 0. The summed E-state index contributed by atoms with van der Waals surface area (Å²) in [6, 6.07) is 14.2. The lowest BCUT2D eigenvalue weighted by Crippen LogP contribution is -2.14. The van der Waals surface area contributed by atoms with Crippen LogP contribution in [0.15, 0.2) is 48.5 Å². The number of benzene rings is 2. The fraction of sp³-hybridized carbons (Fsp3) is 0.143. The van der Waals surface area contributed by atoms with Crippen molar-refractivity contribution in [1.29, 1.82) is 0 Å². The van der Waals surface area contributed by atoms with Crippen LogP contribution in [-0.2, 0) is 0 Å². The average molecular weight is 288 g/mol. The summed E-state index contributed by atoms with van der Waals surface area (Å²) in [7, 11) is 0. The van der Waals surface area contributed by atoms with Gasteiger partial charge in [0.1, 0.15) is 23.7 Å². The van der Waals surface area contributed by atoms with Gasteiger partial charge in [0, 0.05) is 6.54 Å². The molecule has 0 saturated carbocycles. The Morgan fingerprint density at radius 3 is 2.48 bits per heavy atom. The van der Waals surface area contributed by atoms with Crippen LogP contribution in [0.25, 0.3) is 0 Å². The molecule has 0 aliphatic carbocycles. The zero-order valence-electron chi connectivity index (χ0n) is 11.3. The largest absolute Gasteiger partial charge is 0.492 e. The molecule has 0 radical (unpaired) electrons. The fourth-order valence-electron chi connectivity index (χ4n) is 1.87. The number of hydrogen-bond acceptors (Lipinski definition) is 6. The maximum Gasteiger partial charge on any atom is 0.316 e. The normalized spacial score (nSPS) is 9.95. The van der Waals surface area contributed by atoms with Crippen LogP contribution in [0.1, 0.15) is 0 Å². The highest BCUT2D eigenvalue weighted by Crippen LogP contribution is 2.31. The quantitative estimate of drug-likeness (QED) is 0.313. The van der Waals surface area contributed by atoms with Crippen molar-refractivity contribution in [3.63, 3.8) is 0 Å². The topological polar surface area (TPSA) is 102 Å². The molecule has 0 saturated heterocycles. The van der Waals surface area contributed by atoms with Gasteiger partial charge in [0.25, 0.3) is 0 Å². The molecule has 0 bridgehead atoms. The predicted molar refractivity (Wildman–Crippen MR) is 81.3 cm³/mol. The average Bonchev–Trinajstić information content (AvgIpc) is 2.52. The van der Waals surface area contributed by atoms with Crippen molar-refractivity contribution in [3.05, 3.63) is 58.6 Å². The summed E-state index contributed by atoms with van der Waals surface area (Å²) in [6.07, 6.45) is 0. The van der Waals surface area contributed by atoms with Crippen molar-refractivity contribution in [2.75, 3.05) is 23.9 Å². The van der Waals surface area contributed by atoms with E-state index in [0.717, 1.165) is 5.75 Å². The Bertz CT molecular complexity index is 604. The number of hydrogen-bond donors (Lipinski definition) is 3. The minimum atomic E-state index is -0.477. The van der Waals surface area contributed by atoms with Gasteiger partial charge in [-0.15, -0.1) is 0 Å². The number of nitrogens with two attached hydrogens (primary N) is 1. The van der Waals surface area contributed by atoms with E-state index in [-0.39, 0.29) is 11.4 Å². The maximum absolute atomic E-state index is 11.1. The van der Waals surface area contributed by atoms with E-state index in [9.17, 15) is 10.1 Å². The molecule has 2 aromatic rings. The monoisotopic (exact) mass is 288 g/mol. The first-order chi connectivity index (χ1) is 10.2. The van der Waals surface area contributed by atoms with Crippen LogP contribution in [0.5, 0.6) is 5.75 Å². The Labute approximate surface area is 121 Å². The van der Waals surface area contributed by atoms with Crippen molar-refractivity contribution in [2.45, 2.75) is 0 Å². The number of nitrogens with zero attached hydrogens (tertiary/aromatic N) is 1. The number of nitro groups is 1. The molecule has 0 amide bonds. The first kappa shape index (κ1) is 14.6. The van der Waals surface area contributed by atoms with Gasteiger partial charge < -0.3 is 15.5 Å². The SMILES string of the molecule is NNc1cccc(NCCOc2ccccc2)c1[N+](=O)[O-]. The second kappa shape index (κ2) is 7.11. The molecule has 0 aromatic heterocycles. The predicted octanol–water partition coefficient (Wildman–Crippen LogP) is 2.37. The zero-order chi connectivity index (χ0) is 15.1. The molecule has 0 spiro atoms. The summed E-state index contributed by atoms with van der Waals surface area (Å²) in [5.74, 6) is 6.04. The summed E-state index contributed by atoms with van der Waals surface area (Å²) < 4.78 is 5.51. The molecule has 0 atom stereocenters. The maximum atomic E-state index is 11.1. The van der Waals surface area contributed by atoms with Crippen LogP contribution in [0.2, 0.25) is 0 Å². The molecule has 2 rings (SSSR count). The number of nitrogens with one attached hydrogen (secondary N) is 2. The number of anilines is 2. The van der Waals surface area contributed by atoms with E-state index >= 15 is 0 Å².